The van der Waals surface area contributed by atoms with E-state index in [4.69, 9.17) is 11.6 Å². The van der Waals surface area contributed by atoms with Crippen LogP contribution in [0.4, 0.5) is 13.2 Å². The van der Waals surface area contributed by atoms with E-state index < -0.39 is 6.36 Å². The molecule has 0 N–H and O–H groups in total. The normalized spacial score (nSPS) is 11.6. The zero-order chi connectivity index (χ0) is 19.4. The van der Waals surface area contributed by atoms with Crippen LogP contribution in [-0.4, -0.2) is 21.1 Å². The molecule has 0 amide bonds. The lowest BCUT2D eigenvalue weighted by atomic mass is 10.2. The summed E-state index contributed by atoms with van der Waals surface area (Å²) in [5.74, 6) is 0.915. The summed E-state index contributed by atoms with van der Waals surface area (Å²) >= 11 is 7.32. The largest absolute Gasteiger partial charge is 0.573 e. The van der Waals surface area contributed by atoms with E-state index in [1.54, 1.807) is 18.2 Å². The molecular weight excluding hydrogens is 399 g/mol. The molecule has 0 saturated carbocycles. The van der Waals surface area contributed by atoms with Crippen molar-refractivity contribution in [3.05, 3.63) is 59.1 Å². The maximum absolute atomic E-state index is 12.4. The highest BCUT2D eigenvalue weighted by atomic mass is 35.5. The second kappa shape index (κ2) is 8.22. The van der Waals surface area contributed by atoms with Crippen molar-refractivity contribution in [3.63, 3.8) is 0 Å². The third-order valence-electron chi connectivity index (χ3n) is 3.64. The number of benzene rings is 2. The van der Waals surface area contributed by atoms with E-state index in [9.17, 15) is 13.2 Å². The third-order valence-corrected chi connectivity index (χ3v) is 4.93. The van der Waals surface area contributed by atoms with Crippen molar-refractivity contribution in [2.75, 3.05) is 0 Å². The molecule has 4 nitrogen and oxygen atoms in total. The van der Waals surface area contributed by atoms with Crippen LogP contribution in [0.1, 0.15) is 12.5 Å². The van der Waals surface area contributed by atoms with Gasteiger partial charge < -0.3 is 9.30 Å². The summed E-state index contributed by atoms with van der Waals surface area (Å²) in [6, 6.07) is 13.2. The molecule has 0 aliphatic heterocycles. The van der Waals surface area contributed by atoms with Gasteiger partial charge in [0, 0.05) is 22.9 Å². The number of ether oxygens (including phenoxy) is 1. The predicted octanol–water partition coefficient (Wildman–Crippen LogP) is 5.81. The SMILES string of the molecule is CCn1c(SCc2cccc(OC(F)(F)F)c2)nnc1-c1ccc(Cl)cc1. The number of thioether (sulfide) groups is 1. The van der Waals surface area contributed by atoms with E-state index in [0.29, 0.717) is 33.9 Å². The fourth-order valence-electron chi connectivity index (χ4n) is 2.47. The van der Waals surface area contributed by atoms with E-state index in [0.717, 1.165) is 5.56 Å². The van der Waals surface area contributed by atoms with Crippen LogP contribution in [-0.2, 0) is 12.3 Å². The van der Waals surface area contributed by atoms with Crippen molar-refractivity contribution in [2.24, 2.45) is 0 Å². The number of halogens is 4. The van der Waals surface area contributed by atoms with Gasteiger partial charge in [-0.25, -0.2) is 0 Å². The van der Waals surface area contributed by atoms with Crippen LogP contribution in [0.15, 0.2) is 53.7 Å². The summed E-state index contributed by atoms with van der Waals surface area (Å²) in [6.07, 6.45) is -4.71. The van der Waals surface area contributed by atoms with Crippen LogP contribution in [0.5, 0.6) is 5.75 Å². The van der Waals surface area contributed by atoms with E-state index in [1.807, 2.05) is 23.6 Å². The van der Waals surface area contributed by atoms with Crippen LogP contribution in [0.3, 0.4) is 0 Å². The molecule has 0 saturated heterocycles. The van der Waals surface area contributed by atoms with Crippen LogP contribution in [0.2, 0.25) is 5.02 Å². The molecule has 2 aromatic carbocycles. The van der Waals surface area contributed by atoms with Gasteiger partial charge in [-0.05, 0) is 48.9 Å². The predicted molar refractivity (Wildman–Crippen MR) is 98.8 cm³/mol. The number of rotatable bonds is 6. The molecule has 0 spiro atoms. The molecule has 3 rings (SSSR count). The van der Waals surface area contributed by atoms with Crippen molar-refractivity contribution in [2.45, 2.75) is 30.7 Å². The lowest BCUT2D eigenvalue weighted by Crippen LogP contribution is -2.17. The highest BCUT2D eigenvalue weighted by Crippen LogP contribution is 2.29. The van der Waals surface area contributed by atoms with Crippen LogP contribution >= 0.6 is 23.4 Å². The summed E-state index contributed by atoms with van der Waals surface area (Å²) < 4.78 is 43.0. The molecule has 142 valence electrons. The number of alkyl halides is 3. The maximum Gasteiger partial charge on any atom is 0.573 e. The third kappa shape index (κ3) is 5.17. The Morgan fingerprint density at radius 3 is 2.52 bits per heavy atom. The first-order valence-corrected chi connectivity index (χ1v) is 9.38. The highest BCUT2D eigenvalue weighted by Gasteiger charge is 2.31. The number of hydrogen-bond donors (Lipinski definition) is 0. The minimum Gasteiger partial charge on any atom is -0.406 e. The average molecular weight is 414 g/mol. The van der Waals surface area contributed by atoms with E-state index in [1.165, 1.54) is 30.0 Å². The molecule has 3 aromatic rings. The van der Waals surface area contributed by atoms with Crippen molar-refractivity contribution >= 4 is 23.4 Å². The minimum atomic E-state index is -4.71. The average Bonchev–Trinajstić information content (AvgIpc) is 3.02. The van der Waals surface area contributed by atoms with Gasteiger partial charge in [-0.2, -0.15) is 0 Å². The molecule has 0 radical (unpaired) electrons. The van der Waals surface area contributed by atoms with E-state index >= 15 is 0 Å². The van der Waals surface area contributed by atoms with Gasteiger partial charge in [-0.1, -0.05) is 35.5 Å². The standard InChI is InChI=1S/C18H15ClF3N3OS/c1-2-25-16(13-6-8-14(19)9-7-13)23-24-17(25)27-11-12-4-3-5-15(10-12)26-18(20,21)22/h3-10H,2,11H2,1H3. The van der Waals surface area contributed by atoms with Gasteiger partial charge in [0.15, 0.2) is 11.0 Å². The fourth-order valence-corrected chi connectivity index (χ4v) is 3.54. The summed E-state index contributed by atoms with van der Waals surface area (Å²) in [7, 11) is 0. The van der Waals surface area contributed by atoms with Gasteiger partial charge in [0.2, 0.25) is 0 Å². The van der Waals surface area contributed by atoms with E-state index in [-0.39, 0.29) is 5.75 Å². The molecular formula is C18H15ClF3N3OS. The van der Waals surface area contributed by atoms with Gasteiger partial charge in [-0.15, -0.1) is 23.4 Å². The molecule has 9 heteroatoms. The Labute approximate surface area is 163 Å². The maximum atomic E-state index is 12.4. The summed E-state index contributed by atoms with van der Waals surface area (Å²) in [5, 5.41) is 9.78. The second-order valence-electron chi connectivity index (χ2n) is 5.54. The zero-order valence-electron chi connectivity index (χ0n) is 14.2. The smallest absolute Gasteiger partial charge is 0.406 e. The van der Waals surface area contributed by atoms with Crippen LogP contribution in [0, 0.1) is 0 Å². The number of hydrogen-bond acceptors (Lipinski definition) is 4. The molecule has 1 heterocycles. The van der Waals surface area contributed by atoms with Crippen molar-refractivity contribution in [1.82, 2.24) is 14.8 Å². The van der Waals surface area contributed by atoms with Gasteiger partial charge in [0.1, 0.15) is 5.75 Å². The molecule has 0 aliphatic carbocycles. The Bertz CT molecular complexity index is 913. The minimum absolute atomic E-state index is 0.237. The first kappa shape index (κ1) is 19.6. The van der Waals surface area contributed by atoms with Crippen molar-refractivity contribution < 1.29 is 17.9 Å². The molecule has 0 aliphatic rings. The Morgan fingerprint density at radius 2 is 1.85 bits per heavy atom. The summed E-state index contributed by atoms with van der Waals surface area (Å²) in [4.78, 5) is 0. The van der Waals surface area contributed by atoms with E-state index in [2.05, 4.69) is 14.9 Å². The first-order chi connectivity index (χ1) is 12.9. The Balaban J connectivity index is 1.75. The molecule has 1 aromatic heterocycles. The first-order valence-electron chi connectivity index (χ1n) is 8.02. The van der Waals surface area contributed by atoms with Gasteiger partial charge in [0.05, 0.1) is 0 Å². The van der Waals surface area contributed by atoms with Gasteiger partial charge in [-0.3, -0.25) is 0 Å². The number of nitrogens with zero attached hydrogens (tertiary/aromatic N) is 3. The quantitative estimate of drug-likeness (QED) is 0.478. The molecule has 0 fully saturated rings. The Morgan fingerprint density at radius 1 is 1.11 bits per heavy atom. The molecule has 27 heavy (non-hydrogen) atoms. The topological polar surface area (TPSA) is 39.9 Å². The fraction of sp³-hybridized carbons (Fsp3) is 0.222. The summed E-state index contributed by atoms with van der Waals surface area (Å²) in [6.45, 7) is 2.63. The molecule has 0 unspecified atom stereocenters. The summed E-state index contributed by atoms with van der Waals surface area (Å²) in [5.41, 5.74) is 1.58. The lowest BCUT2D eigenvalue weighted by molar-refractivity contribution is -0.274. The van der Waals surface area contributed by atoms with Gasteiger partial charge >= 0.3 is 6.36 Å². The molecule has 0 atom stereocenters. The Kier molecular flexibility index (Phi) is 5.96. The lowest BCUT2D eigenvalue weighted by Gasteiger charge is -2.10. The van der Waals surface area contributed by atoms with Crippen LogP contribution < -0.4 is 4.74 Å². The zero-order valence-corrected chi connectivity index (χ0v) is 15.8. The highest BCUT2D eigenvalue weighted by molar-refractivity contribution is 7.98. The van der Waals surface area contributed by atoms with Crippen LogP contribution in [0.25, 0.3) is 11.4 Å². The Hall–Kier alpha value is -2.19. The monoisotopic (exact) mass is 413 g/mol. The van der Waals surface area contributed by atoms with Gasteiger partial charge in [0.25, 0.3) is 0 Å². The van der Waals surface area contributed by atoms with Crippen molar-refractivity contribution in [1.29, 1.82) is 0 Å². The number of aromatic nitrogens is 3. The molecule has 0 bridgehead atoms. The second-order valence-corrected chi connectivity index (χ2v) is 6.92. The van der Waals surface area contributed by atoms with Crippen molar-refractivity contribution in [3.8, 4) is 17.1 Å².